The van der Waals surface area contributed by atoms with E-state index in [1.165, 1.54) is 5.56 Å². The van der Waals surface area contributed by atoms with Crippen LogP contribution in [0, 0.1) is 6.92 Å². The lowest BCUT2D eigenvalue weighted by Gasteiger charge is -2.24. The SMILES string of the molecule is Cc1ccc(NC2CCCc3occc32)cc1O. The molecular formula is C15H17NO2. The third-order valence-corrected chi connectivity index (χ3v) is 3.60. The minimum atomic E-state index is 0.287. The molecule has 0 spiro atoms. The number of phenolic OH excluding ortho intramolecular Hbond substituents is 1. The summed E-state index contributed by atoms with van der Waals surface area (Å²) in [4.78, 5) is 0. The van der Waals surface area contributed by atoms with Gasteiger partial charge in [-0.3, -0.25) is 0 Å². The smallest absolute Gasteiger partial charge is 0.120 e. The second kappa shape index (κ2) is 4.41. The van der Waals surface area contributed by atoms with Crippen molar-refractivity contribution in [3.8, 4) is 5.75 Å². The molecule has 3 heteroatoms. The lowest BCUT2D eigenvalue weighted by molar-refractivity contribution is 0.461. The second-order valence-electron chi connectivity index (χ2n) is 4.89. The number of nitrogens with one attached hydrogen (secondary N) is 1. The van der Waals surface area contributed by atoms with Gasteiger partial charge in [0.1, 0.15) is 11.5 Å². The topological polar surface area (TPSA) is 45.4 Å². The van der Waals surface area contributed by atoms with Crippen molar-refractivity contribution in [2.24, 2.45) is 0 Å². The van der Waals surface area contributed by atoms with Crippen LogP contribution < -0.4 is 5.32 Å². The quantitative estimate of drug-likeness (QED) is 0.843. The predicted octanol–water partition coefficient (Wildman–Crippen LogP) is 3.78. The fraction of sp³-hybridized carbons (Fsp3) is 0.333. The first-order chi connectivity index (χ1) is 8.74. The summed E-state index contributed by atoms with van der Waals surface area (Å²) in [6.45, 7) is 1.90. The molecule has 0 saturated carbocycles. The first-order valence-electron chi connectivity index (χ1n) is 6.36. The third kappa shape index (κ3) is 1.96. The van der Waals surface area contributed by atoms with E-state index in [9.17, 15) is 5.11 Å². The van der Waals surface area contributed by atoms with Crippen LogP contribution in [0.2, 0.25) is 0 Å². The van der Waals surface area contributed by atoms with Crippen LogP contribution in [0.1, 0.15) is 35.8 Å². The molecular weight excluding hydrogens is 226 g/mol. The summed E-state index contributed by atoms with van der Waals surface area (Å²) in [7, 11) is 0. The zero-order valence-corrected chi connectivity index (χ0v) is 10.4. The Morgan fingerprint density at radius 1 is 1.33 bits per heavy atom. The number of anilines is 1. The van der Waals surface area contributed by atoms with Gasteiger partial charge in [-0.25, -0.2) is 0 Å². The van der Waals surface area contributed by atoms with Crippen molar-refractivity contribution in [1.82, 2.24) is 0 Å². The third-order valence-electron chi connectivity index (χ3n) is 3.60. The fourth-order valence-corrected chi connectivity index (χ4v) is 2.54. The molecule has 1 aromatic heterocycles. The van der Waals surface area contributed by atoms with Crippen LogP contribution in [0.3, 0.4) is 0 Å². The number of aryl methyl sites for hydroxylation is 2. The molecule has 94 valence electrons. The van der Waals surface area contributed by atoms with Crippen molar-refractivity contribution in [1.29, 1.82) is 0 Å². The van der Waals surface area contributed by atoms with E-state index in [2.05, 4.69) is 5.32 Å². The monoisotopic (exact) mass is 243 g/mol. The highest BCUT2D eigenvalue weighted by molar-refractivity contribution is 5.52. The highest BCUT2D eigenvalue weighted by atomic mass is 16.3. The van der Waals surface area contributed by atoms with E-state index in [1.54, 1.807) is 12.3 Å². The molecule has 3 rings (SSSR count). The molecule has 0 radical (unpaired) electrons. The van der Waals surface area contributed by atoms with Crippen molar-refractivity contribution >= 4 is 5.69 Å². The van der Waals surface area contributed by atoms with Gasteiger partial charge in [0.25, 0.3) is 0 Å². The minimum absolute atomic E-state index is 0.287. The minimum Gasteiger partial charge on any atom is -0.508 e. The number of rotatable bonds is 2. The predicted molar refractivity (Wildman–Crippen MR) is 70.9 cm³/mol. The van der Waals surface area contributed by atoms with Crippen molar-refractivity contribution in [3.05, 3.63) is 47.4 Å². The summed E-state index contributed by atoms with van der Waals surface area (Å²) in [5.74, 6) is 1.43. The van der Waals surface area contributed by atoms with E-state index in [4.69, 9.17) is 4.42 Å². The van der Waals surface area contributed by atoms with E-state index < -0.39 is 0 Å². The highest BCUT2D eigenvalue weighted by Gasteiger charge is 2.22. The molecule has 18 heavy (non-hydrogen) atoms. The first kappa shape index (κ1) is 11.2. The van der Waals surface area contributed by atoms with Crippen molar-refractivity contribution in [2.45, 2.75) is 32.2 Å². The molecule has 1 aliphatic rings. The molecule has 1 heterocycles. The molecule has 0 bridgehead atoms. The Hall–Kier alpha value is -1.90. The Morgan fingerprint density at radius 2 is 2.22 bits per heavy atom. The van der Waals surface area contributed by atoms with Gasteiger partial charge in [0, 0.05) is 23.7 Å². The number of hydrogen-bond donors (Lipinski definition) is 2. The van der Waals surface area contributed by atoms with Crippen LogP contribution in [-0.2, 0) is 6.42 Å². The van der Waals surface area contributed by atoms with Gasteiger partial charge in [-0.2, -0.15) is 0 Å². The first-order valence-corrected chi connectivity index (χ1v) is 6.36. The van der Waals surface area contributed by atoms with E-state index in [-0.39, 0.29) is 6.04 Å². The average molecular weight is 243 g/mol. The van der Waals surface area contributed by atoms with E-state index >= 15 is 0 Å². The highest BCUT2D eigenvalue weighted by Crippen LogP contribution is 2.34. The van der Waals surface area contributed by atoms with Crippen molar-refractivity contribution in [2.75, 3.05) is 5.32 Å². The summed E-state index contributed by atoms with van der Waals surface area (Å²) in [5.41, 5.74) is 3.10. The summed E-state index contributed by atoms with van der Waals surface area (Å²) < 4.78 is 5.48. The Balaban J connectivity index is 1.84. The van der Waals surface area contributed by atoms with Crippen LogP contribution in [0.25, 0.3) is 0 Å². The summed E-state index contributed by atoms with van der Waals surface area (Å²) >= 11 is 0. The summed E-state index contributed by atoms with van der Waals surface area (Å²) in [6.07, 6.45) is 5.02. The van der Waals surface area contributed by atoms with Gasteiger partial charge in [-0.05, 0) is 37.5 Å². The lowest BCUT2D eigenvalue weighted by Crippen LogP contribution is -2.15. The largest absolute Gasteiger partial charge is 0.508 e. The molecule has 1 atom stereocenters. The molecule has 3 nitrogen and oxygen atoms in total. The molecule has 0 aliphatic heterocycles. The molecule has 1 unspecified atom stereocenters. The van der Waals surface area contributed by atoms with E-state index in [0.717, 1.165) is 36.3 Å². The van der Waals surface area contributed by atoms with Crippen LogP contribution in [-0.4, -0.2) is 5.11 Å². The van der Waals surface area contributed by atoms with Gasteiger partial charge in [-0.15, -0.1) is 0 Å². The Kier molecular flexibility index (Phi) is 2.74. The molecule has 2 N–H and O–H groups in total. The molecule has 0 amide bonds. The van der Waals surface area contributed by atoms with Gasteiger partial charge >= 0.3 is 0 Å². The van der Waals surface area contributed by atoms with Gasteiger partial charge in [-0.1, -0.05) is 6.07 Å². The van der Waals surface area contributed by atoms with Gasteiger partial charge in [0.05, 0.1) is 12.3 Å². The molecule has 0 fully saturated rings. The van der Waals surface area contributed by atoms with Gasteiger partial charge in [0.15, 0.2) is 0 Å². The molecule has 0 saturated heterocycles. The Morgan fingerprint density at radius 3 is 3.06 bits per heavy atom. The van der Waals surface area contributed by atoms with E-state index in [0.29, 0.717) is 5.75 Å². The summed E-state index contributed by atoms with van der Waals surface area (Å²) in [6, 6.07) is 8.04. The van der Waals surface area contributed by atoms with Crippen LogP contribution in [0.5, 0.6) is 5.75 Å². The number of phenols is 1. The average Bonchev–Trinajstić information content (AvgIpc) is 2.83. The zero-order chi connectivity index (χ0) is 12.5. The molecule has 1 aromatic carbocycles. The number of hydrogen-bond acceptors (Lipinski definition) is 3. The lowest BCUT2D eigenvalue weighted by atomic mass is 9.93. The fourth-order valence-electron chi connectivity index (χ4n) is 2.54. The Labute approximate surface area is 106 Å². The number of aromatic hydroxyl groups is 1. The standard InChI is InChI=1S/C15H17NO2/c1-10-5-6-11(9-14(10)17)16-13-3-2-4-15-12(13)7-8-18-15/h5-9,13,16-17H,2-4H2,1H3. The van der Waals surface area contributed by atoms with Gasteiger partial charge < -0.3 is 14.8 Å². The maximum absolute atomic E-state index is 9.73. The number of furan rings is 1. The normalized spacial score (nSPS) is 18.4. The van der Waals surface area contributed by atoms with Crippen LogP contribution in [0.4, 0.5) is 5.69 Å². The molecule has 2 aromatic rings. The zero-order valence-electron chi connectivity index (χ0n) is 10.4. The maximum atomic E-state index is 9.73. The maximum Gasteiger partial charge on any atom is 0.120 e. The number of fused-ring (bicyclic) bond motifs is 1. The number of benzene rings is 1. The molecule has 1 aliphatic carbocycles. The second-order valence-corrected chi connectivity index (χ2v) is 4.89. The summed E-state index contributed by atoms with van der Waals surface area (Å²) in [5, 5.41) is 13.2. The van der Waals surface area contributed by atoms with Crippen molar-refractivity contribution in [3.63, 3.8) is 0 Å². The van der Waals surface area contributed by atoms with E-state index in [1.807, 2.05) is 25.1 Å². The Bertz CT molecular complexity index is 559. The van der Waals surface area contributed by atoms with Crippen molar-refractivity contribution < 1.29 is 9.52 Å². The van der Waals surface area contributed by atoms with Gasteiger partial charge in [0.2, 0.25) is 0 Å². The van der Waals surface area contributed by atoms with Crippen LogP contribution in [0.15, 0.2) is 34.9 Å². The van der Waals surface area contributed by atoms with Crippen LogP contribution >= 0.6 is 0 Å².